The molecule has 1 saturated carbocycles. The average Bonchev–Trinajstić information content (AvgIpc) is 2.58. The van der Waals surface area contributed by atoms with E-state index in [4.69, 9.17) is 5.73 Å². The zero-order chi connectivity index (χ0) is 11.1. The summed E-state index contributed by atoms with van der Waals surface area (Å²) in [4.78, 5) is 12.3. The van der Waals surface area contributed by atoms with Crippen LogP contribution in [-0.4, -0.2) is 12.5 Å². The molecule has 1 amide bonds. The van der Waals surface area contributed by atoms with E-state index in [1.54, 1.807) is 6.07 Å². The van der Waals surface area contributed by atoms with E-state index in [2.05, 4.69) is 19.2 Å². The van der Waals surface area contributed by atoms with E-state index < -0.39 is 0 Å². The van der Waals surface area contributed by atoms with Crippen LogP contribution in [0.15, 0.2) is 11.4 Å². The largest absolute Gasteiger partial charge is 0.397 e. The molecule has 0 aliphatic heterocycles. The number of hydrogen-bond acceptors (Lipinski definition) is 3. The first-order valence-electron chi connectivity index (χ1n) is 5.12. The summed E-state index contributed by atoms with van der Waals surface area (Å²) < 4.78 is 0. The van der Waals surface area contributed by atoms with Gasteiger partial charge >= 0.3 is 0 Å². The van der Waals surface area contributed by atoms with E-state index in [0.29, 0.717) is 21.9 Å². The molecule has 1 aliphatic rings. The highest BCUT2D eigenvalue weighted by Gasteiger charge is 2.45. The van der Waals surface area contributed by atoms with Crippen LogP contribution in [0.3, 0.4) is 0 Å². The van der Waals surface area contributed by atoms with Gasteiger partial charge in [0.05, 0.1) is 5.69 Å². The van der Waals surface area contributed by atoms with Crippen molar-refractivity contribution >= 4 is 22.9 Å². The topological polar surface area (TPSA) is 55.1 Å². The maximum atomic E-state index is 11.7. The second kappa shape index (κ2) is 3.52. The Labute approximate surface area is 93.7 Å². The molecule has 1 atom stereocenters. The Morgan fingerprint density at radius 1 is 1.73 bits per heavy atom. The summed E-state index contributed by atoms with van der Waals surface area (Å²) in [7, 11) is 0. The van der Waals surface area contributed by atoms with E-state index in [9.17, 15) is 4.79 Å². The third kappa shape index (κ3) is 2.15. The van der Waals surface area contributed by atoms with E-state index in [1.807, 2.05) is 5.38 Å². The monoisotopic (exact) mass is 224 g/mol. The highest BCUT2D eigenvalue weighted by Crippen LogP contribution is 2.51. The molecule has 3 N–H and O–H groups in total. The van der Waals surface area contributed by atoms with Gasteiger partial charge in [-0.3, -0.25) is 4.79 Å². The lowest BCUT2D eigenvalue weighted by Crippen LogP contribution is -2.26. The zero-order valence-electron chi connectivity index (χ0n) is 9.04. The van der Waals surface area contributed by atoms with Gasteiger partial charge in [0.2, 0.25) is 0 Å². The number of nitrogens with one attached hydrogen (secondary N) is 1. The van der Waals surface area contributed by atoms with Crippen molar-refractivity contribution in [2.24, 2.45) is 11.3 Å². The van der Waals surface area contributed by atoms with Crippen molar-refractivity contribution < 1.29 is 4.79 Å². The number of amides is 1. The molecule has 0 radical (unpaired) electrons. The Hall–Kier alpha value is -1.03. The summed E-state index contributed by atoms with van der Waals surface area (Å²) in [6.45, 7) is 5.22. The fourth-order valence-corrected chi connectivity index (χ4v) is 2.46. The van der Waals surface area contributed by atoms with Crippen LogP contribution in [0.25, 0.3) is 0 Å². The number of carbonyl (C=O) groups is 1. The van der Waals surface area contributed by atoms with Gasteiger partial charge in [0.15, 0.2) is 0 Å². The van der Waals surface area contributed by atoms with Crippen molar-refractivity contribution in [3.05, 3.63) is 16.3 Å². The van der Waals surface area contributed by atoms with Crippen LogP contribution in [-0.2, 0) is 0 Å². The summed E-state index contributed by atoms with van der Waals surface area (Å²) in [5, 5.41) is 4.77. The smallest absolute Gasteiger partial charge is 0.263 e. The predicted octanol–water partition coefficient (Wildman–Crippen LogP) is 2.11. The fourth-order valence-electron chi connectivity index (χ4n) is 1.72. The summed E-state index contributed by atoms with van der Waals surface area (Å²) in [6.07, 6.45) is 1.20. The molecular weight excluding hydrogens is 208 g/mol. The quantitative estimate of drug-likeness (QED) is 0.826. The van der Waals surface area contributed by atoms with Crippen LogP contribution in [0.4, 0.5) is 5.69 Å². The molecule has 0 saturated heterocycles. The molecule has 1 fully saturated rings. The van der Waals surface area contributed by atoms with Crippen molar-refractivity contribution in [1.29, 1.82) is 0 Å². The molecular formula is C11H16N2OS. The van der Waals surface area contributed by atoms with Gasteiger partial charge in [0.25, 0.3) is 5.91 Å². The van der Waals surface area contributed by atoms with Crippen molar-refractivity contribution in [1.82, 2.24) is 5.32 Å². The van der Waals surface area contributed by atoms with Gasteiger partial charge in [0, 0.05) is 6.54 Å². The molecule has 15 heavy (non-hydrogen) atoms. The Morgan fingerprint density at radius 2 is 2.40 bits per heavy atom. The third-order valence-corrected chi connectivity index (χ3v) is 4.06. The SMILES string of the molecule is CC1(C)CC1CNC(=O)c1sccc1N. The van der Waals surface area contributed by atoms with Gasteiger partial charge in [0.1, 0.15) is 4.88 Å². The highest BCUT2D eigenvalue weighted by atomic mass is 32.1. The van der Waals surface area contributed by atoms with E-state index in [1.165, 1.54) is 17.8 Å². The number of thiophene rings is 1. The van der Waals surface area contributed by atoms with Crippen molar-refractivity contribution in [3.63, 3.8) is 0 Å². The minimum absolute atomic E-state index is 0.0369. The van der Waals surface area contributed by atoms with Gasteiger partial charge in [-0.25, -0.2) is 0 Å². The minimum Gasteiger partial charge on any atom is -0.397 e. The third-order valence-electron chi connectivity index (χ3n) is 3.13. The number of carbonyl (C=O) groups excluding carboxylic acids is 1. The molecule has 4 heteroatoms. The second-order valence-corrected chi connectivity index (χ2v) is 5.72. The molecule has 1 aromatic rings. The van der Waals surface area contributed by atoms with Crippen LogP contribution in [0.2, 0.25) is 0 Å². The highest BCUT2D eigenvalue weighted by molar-refractivity contribution is 7.12. The standard InChI is InChI=1S/C11H16N2OS/c1-11(2)5-7(11)6-13-10(14)9-8(12)3-4-15-9/h3-4,7H,5-6,12H2,1-2H3,(H,13,14). The lowest BCUT2D eigenvalue weighted by Gasteiger charge is -2.05. The second-order valence-electron chi connectivity index (χ2n) is 4.80. The maximum Gasteiger partial charge on any atom is 0.263 e. The molecule has 1 heterocycles. The van der Waals surface area contributed by atoms with Gasteiger partial charge < -0.3 is 11.1 Å². The van der Waals surface area contributed by atoms with Gasteiger partial charge in [-0.15, -0.1) is 11.3 Å². The van der Waals surface area contributed by atoms with E-state index >= 15 is 0 Å². The van der Waals surface area contributed by atoms with Crippen LogP contribution < -0.4 is 11.1 Å². The Bertz CT molecular complexity index is 384. The molecule has 1 aromatic heterocycles. The van der Waals surface area contributed by atoms with E-state index in [-0.39, 0.29) is 5.91 Å². The van der Waals surface area contributed by atoms with Crippen molar-refractivity contribution in [2.75, 3.05) is 12.3 Å². The Morgan fingerprint density at radius 3 is 2.87 bits per heavy atom. The fraction of sp³-hybridized carbons (Fsp3) is 0.545. The molecule has 82 valence electrons. The van der Waals surface area contributed by atoms with Crippen molar-refractivity contribution in [3.8, 4) is 0 Å². The summed E-state index contributed by atoms with van der Waals surface area (Å²) in [5.41, 5.74) is 6.65. The lowest BCUT2D eigenvalue weighted by atomic mass is 10.1. The van der Waals surface area contributed by atoms with Gasteiger partial charge in [-0.2, -0.15) is 0 Å². The molecule has 0 spiro atoms. The van der Waals surface area contributed by atoms with Crippen LogP contribution in [0, 0.1) is 11.3 Å². The minimum atomic E-state index is -0.0369. The van der Waals surface area contributed by atoms with Crippen LogP contribution in [0.1, 0.15) is 29.9 Å². The van der Waals surface area contributed by atoms with Crippen LogP contribution >= 0.6 is 11.3 Å². The summed E-state index contributed by atoms with van der Waals surface area (Å²) in [5.74, 6) is 0.591. The number of hydrogen-bond donors (Lipinski definition) is 2. The first-order chi connectivity index (χ1) is 7.00. The number of nitrogen functional groups attached to an aromatic ring is 1. The Kier molecular flexibility index (Phi) is 2.46. The van der Waals surface area contributed by atoms with Crippen LogP contribution in [0.5, 0.6) is 0 Å². The van der Waals surface area contributed by atoms with Crippen molar-refractivity contribution in [2.45, 2.75) is 20.3 Å². The number of rotatable bonds is 3. The molecule has 2 rings (SSSR count). The van der Waals surface area contributed by atoms with E-state index in [0.717, 1.165) is 6.54 Å². The molecule has 0 aromatic carbocycles. The Balaban J connectivity index is 1.86. The average molecular weight is 224 g/mol. The normalized spacial score (nSPS) is 22.4. The summed E-state index contributed by atoms with van der Waals surface area (Å²) >= 11 is 1.39. The van der Waals surface area contributed by atoms with Gasteiger partial charge in [-0.1, -0.05) is 13.8 Å². The number of anilines is 1. The molecule has 1 unspecified atom stereocenters. The maximum absolute atomic E-state index is 11.7. The first-order valence-corrected chi connectivity index (χ1v) is 6.00. The predicted molar refractivity (Wildman–Crippen MR) is 63.0 cm³/mol. The molecule has 0 bridgehead atoms. The lowest BCUT2D eigenvalue weighted by molar-refractivity contribution is 0.0955. The zero-order valence-corrected chi connectivity index (χ0v) is 9.86. The summed E-state index contributed by atoms with van der Waals surface area (Å²) in [6, 6.07) is 1.76. The first kappa shape index (κ1) is 10.5. The molecule has 1 aliphatic carbocycles. The van der Waals surface area contributed by atoms with Gasteiger partial charge in [-0.05, 0) is 29.2 Å². The molecule has 3 nitrogen and oxygen atoms in total. The number of nitrogens with two attached hydrogens (primary N) is 1.